The lowest BCUT2D eigenvalue weighted by Crippen LogP contribution is -2.28. The van der Waals surface area contributed by atoms with Crippen LogP contribution in [-0.2, 0) is 0 Å². The molecule has 5 nitrogen and oxygen atoms in total. The molecule has 1 atom stereocenters. The van der Waals surface area contributed by atoms with E-state index in [4.69, 9.17) is 0 Å². The third-order valence-electron chi connectivity index (χ3n) is 3.39. The second-order valence-electron chi connectivity index (χ2n) is 4.69. The smallest absolute Gasteiger partial charge is 0.270 e. The summed E-state index contributed by atoms with van der Waals surface area (Å²) in [6, 6.07) is 5.93. The van der Waals surface area contributed by atoms with Gasteiger partial charge in [-0.2, -0.15) is 0 Å². The Hall–Kier alpha value is -1.43. The van der Waals surface area contributed by atoms with Gasteiger partial charge < -0.3 is 4.90 Å². The molecule has 0 N–H and O–H groups in total. The molecular weight excluding hydrogens is 312 g/mol. The van der Waals surface area contributed by atoms with Crippen molar-refractivity contribution in [3.63, 3.8) is 0 Å². The van der Waals surface area contributed by atoms with E-state index >= 15 is 0 Å². The number of carbonyl (C=O) groups is 1. The van der Waals surface area contributed by atoms with Crippen molar-refractivity contribution in [3.8, 4) is 0 Å². The van der Waals surface area contributed by atoms with Crippen molar-refractivity contribution in [2.45, 2.75) is 12.8 Å². The Kier molecular flexibility index (Phi) is 4.52. The molecule has 19 heavy (non-hydrogen) atoms. The van der Waals surface area contributed by atoms with Crippen molar-refractivity contribution in [2.24, 2.45) is 5.92 Å². The Morgan fingerprint density at radius 3 is 3.00 bits per heavy atom. The number of amides is 1. The van der Waals surface area contributed by atoms with E-state index in [1.807, 2.05) is 0 Å². The Labute approximate surface area is 119 Å². The van der Waals surface area contributed by atoms with E-state index in [9.17, 15) is 14.9 Å². The van der Waals surface area contributed by atoms with Gasteiger partial charge in [-0.1, -0.05) is 22.0 Å². The van der Waals surface area contributed by atoms with E-state index in [2.05, 4.69) is 15.9 Å². The number of nitrogens with zero attached hydrogens (tertiary/aromatic N) is 2. The van der Waals surface area contributed by atoms with Crippen molar-refractivity contribution in [1.29, 1.82) is 0 Å². The first kappa shape index (κ1) is 14.0. The van der Waals surface area contributed by atoms with Crippen LogP contribution < -0.4 is 0 Å². The van der Waals surface area contributed by atoms with Crippen LogP contribution in [0.4, 0.5) is 5.69 Å². The second-order valence-corrected chi connectivity index (χ2v) is 5.48. The Morgan fingerprint density at radius 2 is 2.32 bits per heavy atom. The molecule has 1 unspecified atom stereocenters. The van der Waals surface area contributed by atoms with Crippen LogP contribution in [0.15, 0.2) is 24.3 Å². The fourth-order valence-electron chi connectivity index (χ4n) is 2.34. The van der Waals surface area contributed by atoms with Gasteiger partial charge in [-0.15, -0.1) is 0 Å². The van der Waals surface area contributed by atoms with Crippen molar-refractivity contribution < 1.29 is 9.72 Å². The molecule has 1 fully saturated rings. The maximum absolute atomic E-state index is 12.3. The average Bonchev–Trinajstić information content (AvgIpc) is 2.87. The number of rotatable bonds is 4. The molecule has 1 aliphatic heterocycles. The molecule has 0 saturated carbocycles. The van der Waals surface area contributed by atoms with E-state index in [0.717, 1.165) is 31.3 Å². The maximum Gasteiger partial charge on any atom is 0.270 e. The highest BCUT2D eigenvalue weighted by atomic mass is 79.9. The molecule has 0 aromatic heterocycles. The maximum atomic E-state index is 12.3. The van der Waals surface area contributed by atoms with Gasteiger partial charge in [0.25, 0.3) is 11.6 Å². The number of hydrogen-bond acceptors (Lipinski definition) is 3. The van der Waals surface area contributed by atoms with Crippen LogP contribution in [0.2, 0.25) is 0 Å². The Morgan fingerprint density at radius 1 is 1.53 bits per heavy atom. The van der Waals surface area contributed by atoms with Gasteiger partial charge >= 0.3 is 0 Å². The minimum absolute atomic E-state index is 0.0398. The van der Waals surface area contributed by atoms with Gasteiger partial charge in [0.2, 0.25) is 0 Å². The van der Waals surface area contributed by atoms with Crippen molar-refractivity contribution in [3.05, 3.63) is 39.9 Å². The molecule has 0 spiro atoms. The number of likely N-dealkylation sites (tertiary alicyclic amines) is 1. The molecule has 0 bridgehead atoms. The number of nitro benzene ring substituents is 1. The first-order valence-electron chi connectivity index (χ1n) is 6.21. The molecule has 2 rings (SSSR count). The average molecular weight is 327 g/mol. The predicted molar refractivity (Wildman–Crippen MR) is 75.5 cm³/mol. The van der Waals surface area contributed by atoms with Crippen LogP contribution in [0.25, 0.3) is 0 Å². The summed E-state index contributed by atoms with van der Waals surface area (Å²) in [7, 11) is 0. The van der Waals surface area contributed by atoms with E-state index in [1.165, 1.54) is 12.1 Å². The third-order valence-corrected chi connectivity index (χ3v) is 3.85. The van der Waals surface area contributed by atoms with E-state index in [1.54, 1.807) is 17.0 Å². The summed E-state index contributed by atoms with van der Waals surface area (Å²) in [6.45, 7) is 1.48. The zero-order chi connectivity index (χ0) is 13.8. The number of benzene rings is 1. The summed E-state index contributed by atoms with van der Waals surface area (Å²) in [6.07, 6.45) is 2.06. The quantitative estimate of drug-likeness (QED) is 0.485. The molecule has 1 aliphatic rings. The van der Waals surface area contributed by atoms with Crippen LogP contribution in [0, 0.1) is 16.0 Å². The first-order valence-corrected chi connectivity index (χ1v) is 7.33. The van der Waals surface area contributed by atoms with Crippen molar-refractivity contribution >= 4 is 27.5 Å². The van der Waals surface area contributed by atoms with Gasteiger partial charge in [0, 0.05) is 36.1 Å². The third kappa shape index (κ3) is 3.32. The van der Waals surface area contributed by atoms with Gasteiger partial charge in [-0.25, -0.2) is 0 Å². The fraction of sp³-hybridized carbons (Fsp3) is 0.462. The SMILES string of the molecule is O=C(c1cccc([N+](=O)[O-])c1)N1CCC(CCBr)C1. The standard InChI is InChI=1S/C13H15BrN2O3/c14-6-4-10-5-7-15(9-10)13(17)11-2-1-3-12(8-11)16(18)19/h1-3,8,10H,4-7,9H2. The van der Waals surface area contributed by atoms with Crippen LogP contribution in [0.1, 0.15) is 23.2 Å². The van der Waals surface area contributed by atoms with Crippen molar-refractivity contribution in [2.75, 3.05) is 18.4 Å². The molecule has 0 aliphatic carbocycles. The van der Waals surface area contributed by atoms with Crippen LogP contribution in [0.5, 0.6) is 0 Å². The topological polar surface area (TPSA) is 63.4 Å². The summed E-state index contributed by atoms with van der Waals surface area (Å²) in [5.41, 5.74) is 0.357. The molecule has 1 saturated heterocycles. The van der Waals surface area contributed by atoms with E-state index < -0.39 is 4.92 Å². The summed E-state index contributed by atoms with van der Waals surface area (Å²) < 4.78 is 0. The second kappa shape index (κ2) is 6.14. The lowest BCUT2D eigenvalue weighted by atomic mass is 10.1. The minimum Gasteiger partial charge on any atom is -0.338 e. The lowest BCUT2D eigenvalue weighted by Gasteiger charge is -2.16. The molecular formula is C13H15BrN2O3. The van der Waals surface area contributed by atoms with Gasteiger partial charge in [-0.05, 0) is 24.8 Å². The molecule has 1 heterocycles. The molecule has 1 aromatic carbocycles. The van der Waals surface area contributed by atoms with Gasteiger partial charge in [0.1, 0.15) is 0 Å². The summed E-state index contributed by atoms with van der Waals surface area (Å²) in [5, 5.41) is 11.7. The largest absolute Gasteiger partial charge is 0.338 e. The molecule has 0 radical (unpaired) electrons. The molecule has 1 aromatic rings. The molecule has 6 heteroatoms. The highest BCUT2D eigenvalue weighted by molar-refractivity contribution is 9.09. The number of carbonyl (C=O) groups excluding carboxylic acids is 1. The lowest BCUT2D eigenvalue weighted by molar-refractivity contribution is -0.384. The van der Waals surface area contributed by atoms with Gasteiger partial charge in [0.05, 0.1) is 4.92 Å². The number of hydrogen-bond donors (Lipinski definition) is 0. The van der Waals surface area contributed by atoms with Crippen LogP contribution in [-0.4, -0.2) is 34.2 Å². The normalized spacial score (nSPS) is 18.6. The van der Waals surface area contributed by atoms with Gasteiger partial charge in [0.15, 0.2) is 0 Å². The Balaban J connectivity index is 2.08. The van der Waals surface area contributed by atoms with E-state index in [-0.39, 0.29) is 11.6 Å². The predicted octanol–water partition coefficient (Wildman–Crippen LogP) is 2.84. The number of halogens is 1. The molecule has 1 amide bonds. The highest BCUT2D eigenvalue weighted by Crippen LogP contribution is 2.23. The summed E-state index contributed by atoms with van der Waals surface area (Å²) in [4.78, 5) is 24.3. The van der Waals surface area contributed by atoms with Gasteiger partial charge in [-0.3, -0.25) is 14.9 Å². The van der Waals surface area contributed by atoms with Crippen LogP contribution >= 0.6 is 15.9 Å². The highest BCUT2D eigenvalue weighted by Gasteiger charge is 2.27. The van der Waals surface area contributed by atoms with Crippen LogP contribution in [0.3, 0.4) is 0 Å². The fourth-order valence-corrected chi connectivity index (χ4v) is 2.99. The zero-order valence-electron chi connectivity index (χ0n) is 10.4. The summed E-state index contributed by atoms with van der Waals surface area (Å²) in [5.74, 6) is 0.419. The monoisotopic (exact) mass is 326 g/mol. The zero-order valence-corrected chi connectivity index (χ0v) is 12.0. The Bertz CT molecular complexity index is 493. The number of non-ortho nitro benzene ring substituents is 1. The molecule has 102 valence electrons. The first-order chi connectivity index (χ1) is 9.11. The minimum atomic E-state index is -0.478. The number of nitro groups is 1. The summed E-state index contributed by atoms with van der Waals surface area (Å²) >= 11 is 3.41. The van der Waals surface area contributed by atoms with Crippen molar-refractivity contribution in [1.82, 2.24) is 4.90 Å². The van der Waals surface area contributed by atoms with E-state index in [0.29, 0.717) is 11.5 Å². The number of alkyl halides is 1.